The second-order valence-electron chi connectivity index (χ2n) is 16.7. The number of carbonyl (C=O) groups is 3. The van der Waals surface area contributed by atoms with Crippen molar-refractivity contribution in [1.29, 1.82) is 0 Å². The number of thiazole rings is 1. The number of hydrogen-bond donors (Lipinski definition) is 3. The van der Waals surface area contributed by atoms with Crippen LogP contribution in [0.4, 0.5) is 5.13 Å². The van der Waals surface area contributed by atoms with Crippen molar-refractivity contribution in [2.75, 3.05) is 23.7 Å². The quantitative estimate of drug-likeness (QED) is 0.00990. The predicted molar refractivity (Wildman–Crippen MR) is 283 cm³/mol. The lowest BCUT2D eigenvalue weighted by Gasteiger charge is -2.49. The molecule has 1 fully saturated rings. The van der Waals surface area contributed by atoms with E-state index in [0.29, 0.717) is 10.8 Å². The Balaban J connectivity index is 0.00000656. The molecule has 10 rings (SSSR count). The van der Waals surface area contributed by atoms with Crippen molar-refractivity contribution >= 4 is 64.0 Å². The first-order valence-corrected chi connectivity index (χ1v) is 26.0. The van der Waals surface area contributed by atoms with E-state index in [1.165, 1.54) is 39.8 Å². The van der Waals surface area contributed by atoms with Gasteiger partial charge in [0.1, 0.15) is 34.8 Å². The van der Waals surface area contributed by atoms with Crippen molar-refractivity contribution < 1.29 is 52.6 Å². The highest BCUT2D eigenvalue weighted by Gasteiger charge is 2.55. The summed E-state index contributed by atoms with van der Waals surface area (Å²) in [6, 6.07) is 62.6. The maximum Gasteiger partial charge on any atom is 0.355 e. The van der Waals surface area contributed by atoms with Crippen LogP contribution in [0.5, 0.6) is 0 Å². The molecule has 2 aromatic heterocycles. The Morgan fingerprint density at radius 1 is 0.726 bits per heavy atom. The van der Waals surface area contributed by atoms with Gasteiger partial charge in [-0.2, -0.15) is 5.43 Å². The second kappa shape index (κ2) is 23.1. The zero-order valence-corrected chi connectivity index (χ0v) is 43.8. The molecule has 2 aliphatic rings. The lowest BCUT2D eigenvalue weighted by Crippen LogP contribution is -3.00. The summed E-state index contributed by atoms with van der Waals surface area (Å²) in [5, 5.41) is 12.4. The standard InChI is InChI=1S/C57H47N7O5S3.HI/c1-58-63-34-32-46(33-35-63)71-39-68-54(67)48-36-49(47-38-70-55(60-47)62-56(40-20-8-2-9-21-40,41-22-10-3-11-23-41)42-24-12-4-13-25-42)72-53-51(52(66)64(48)53)61-50(65)37-59-69-57(43-26-14-5-15-27-43,44-28-16-6-17-29-44)45-30-18-7-19-31-45;/h2-38,49,51,53,58H,39H2,1H3,(H-,60,61,62,65);1H/b59-37-;/t49?,51?,53-;/m0./s1. The summed E-state index contributed by atoms with van der Waals surface area (Å²) in [5.41, 5.74) is 7.19. The predicted octanol–water partition coefficient (Wildman–Crippen LogP) is 6.62. The number of fused-ring (bicyclic) bond motifs is 1. The molecule has 4 heterocycles. The van der Waals surface area contributed by atoms with E-state index in [9.17, 15) is 14.4 Å². The van der Waals surface area contributed by atoms with Crippen LogP contribution >= 0.6 is 34.9 Å². The monoisotopic (exact) mass is 1130 g/mol. The molecule has 0 aliphatic carbocycles. The van der Waals surface area contributed by atoms with E-state index in [1.54, 1.807) is 10.8 Å². The second-order valence-corrected chi connectivity index (χ2v) is 19.8. The Labute approximate surface area is 452 Å². The van der Waals surface area contributed by atoms with Crippen molar-refractivity contribution in [3.05, 3.63) is 263 Å². The van der Waals surface area contributed by atoms with Crippen molar-refractivity contribution in [1.82, 2.24) is 15.2 Å². The lowest BCUT2D eigenvalue weighted by atomic mass is 9.77. The third kappa shape index (κ3) is 10.5. The van der Waals surface area contributed by atoms with Gasteiger partial charge in [0.25, 0.3) is 11.8 Å². The first-order valence-electron chi connectivity index (χ1n) is 23.2. The molecular formula is C57H48IN7O5S3. The van der Waals surface area contributed by atoms with E-state index in [2.05, 4.69) is 57.6 Å². The number of pyridine rings is 1. The summed E-state index contributed by atoms with van der Waals surface area (Å²) in [4.78, 5) is 56.1. The summed E-state index contributed by atoms with van der Waals surface area (Å²) < 4.78 is 7.62. The molecule has 2 amide bonds. The van der Waals surface area contributed by atoms with Gasteiger partial charge in [0.05, 0.1) is 18.0 Å². The molecule has 8 aromatic rings. The van der Waals surface area contributed by atoms with Gasteiger partial charge in [0.15, 0.2) is 5.13 Å². The van der Waals surface area contributed by atoms with E-state index in [-0.39, 0.29) is 35.6 Å². The molecule has 16 heteroatoms. The summed E-state index contributed by atoms with van der Waals surface area (Å²) in [6.45, 7) is 0. The number of benzene rings is 6. The Morgan fingerprint density at radius 3 is 1.68 bits per heavy atom. The number of hydrogen-bond acceptors (Lipinski definition) is 12. The smallest absolute Gasteiger partial charge is 0.355 e. The van der Waals surface area contributed by atoms with Gasteiger partial charge < -0.3 is 44.2 Å². The Morgan fingerprint density at radius 2 is 1.21 bits per heavy atom. The number of carbonyl (C=O) groups excluding carboxylic acids is 3. The fourth-order valence-corrected chi connectivity index (χ4v) is 12.0. The number of nitrogens with zero attached hydrogens (tertiary/aromatic N) is 4. The van der Waals surface area contributed by atoms with Crippen molar-refractivity contribution in [2.24, 2.45) is 5.16 Å². The van der Waals surface area contributed by atoms with Crippen molar-refractivity contribution in [2.45, 2.75) is 32.7 Å². The van der Waals surface area contributed by atoms with Crippen LogP contribution in [0, 0.1) is 0 Å². The van der Waals surface area contributed by atoms with Crippen LogP contribution in [-0.2, 0) is 35.1 Å². The molecule has 0 bridgehead atoms. The van der Waals surface area contributed by atoms with Crippen molar-refractivity contribution in [3.63, 3.8) is 0 Å². The molecule has 3 N–H and O–H groups in total. The Hall–Kier alpha value is -7.25. The molecule has 0 spiro atoms. The highest BCUT2D eigenvalue weighted by molar-refractivity contribution is 8.00. The molecule has 1 saturated heterocycles. The minimum absolute atomic E-state index is 0. The minimum atomic E-state index is -1.21. The van der Waals surface area contributed by atoms with E-state index in [0.717, 1.165) is 44.5 Å². The number of nitrogens with one attached hydrogen (secondary N) is 3. The number of halogens is 1. The summed E-state index contributed by atoms with van der Waals surface area (Å²) in [5.74, 6) is -1.78. The third-order valence-electron chi connectivity index (χ3n) is 12.5. The van der Waals surface area contributed by atoms with Crippen LogP contribution < -0.4 is 44.7 Å². The van der Waals surface area contributed by atoms with Gasteiger partial charge in [0.2, 0.25) is 18.0 Å². The number of esters is 1. The average Bonchev–Trinajstić information content (AvgIpc) is 3.92. The van der Waals surface area contributed by atoms with Gasteiger partial charge >= 0.3 is 5.97 Å². The van der Waals surface area contributed by atoms with Crippen molar-refractivity contribution in [3.8, 4) is 0 Å². The maximum absolute atomic E-state index is 14.1. The van der Waals surface area contributed by atoms with Crippen LogP contribution in [0.15, 0.2) is 234 Å². The van der Waals surface area contributed by atoms with Gasteiger partial charge in [-0.3, -0.25) is 14.5 Å². The fraction of sp³-hybridized carbons (Fsp3) is 0.123. The van der Waals surface area contributed by atoms with E-state index in [1.807, 2.05) is 183 Å². The zero-order valence-electron chi connectivity index (χ0n) is 39.2. The number of amides is 2. The molecule has 73 heavy (non-hydrogen) atoms. The topological polar surface area (TPSA) is 138 Å². The molecule has 2 unspecified atom stereocenters. The molecule has 3 atom stereocenters. The van der Waals surface area contributed by atoms with Crippen LogP contribution in [0.2, 0.25) is 0 Å². The molecule has 6 aromatic carbocycles. The fourth-order valence-electron chi connectivity index (χ4n) is 9.05. The van der Waals surface area contributed by atoms with Gasteiger partial charge in [-0.05, 0) is 22.8 Å². The van der Waals surface area contributed by atoms with E-state index in [4.69, 9.17) is 14.6 Å². The van der Waals surface area contributed by atoms with E-state index >= 15 is 0 Å². The number of aromatic nitrogens is 2. The third-order valence-corrected chi connectivity index (χ3v) is 15.6. The molecule has 12 nitrogen and oxygen atoms in total. The number of β-lactam (4-membered cyclic amide) rings is 1. The number of ether oxygens (including phenoxy) is 1. The summed E-state index contributed by atoms with van der Waals surface area (Å²) in [7, 11) is 1.81. The normalized spacial score (nSPS) is 16.2. The van der Waals surface area contributed by atoms with Crippen LogP contribution in [0.3, 0.4) is 0 Å². The van der Waals surface area contributed by atoms with E-state index < -0.39 is 45.6 Å². The SMILES string of the molecule is CN[n+]1ccc(SCOC(=O)C2=CC(c3csc(NC(c4ccccc4)(c4ccccc4)c4ccccc4)n3)S[C@H]3C(NC(=O)/C=N\OC(c4ccccc4)(c4ccccc4)c4ccccc4)C(=O)N23)cc1.[I-]. The van der Waals surface area contributed by atoms with Gasteiger partial charge in [-0.1, -0.05) is 204 Å². The highest BCUT2D eigenvalue weighted by atomic mass is 127. The van der Waals surface area contributed by atoms with Crippen LogP contribution in [0.1, 0.15) is 44.3 Å². The molecule has 2 aliphatic heterocycles. The van der Waals surface area contributed by atoms with Crippen LogP contribution in [-0.4, -0.2) is 58.3 Å². The highest BCUT2D eigenvalue weighted by Crippen LogP contribution is 2.49. The lowest BCUT2D eigenvalue weighted by molar-refractivity contribution is -0.647. The number of anilines is 1. The first-order chi connectivity index (χ1) is 35.4. The minimum Gasteiger partial charge on any atom is -1.00 e. The summed E-state index contributed by atoms with van der Waals surface area (Å²) in [6.07, 6.45) is 6.49. The largest absolute Gasteiger partial charge is 1.00 e. The number of oxime groups is 1. The first kappa shape index (κ1) is 50.7. The Bertz CT molecular complexity index is 3000. The maximum atomic E-state index is 14.1. The molecular weight excluding hydrogens is 1090 g/mol. The summed E-state index contributed by atoms with van der Waals surface area (Å²) >= 11 is 4.20. The number of rotatable bonds is 18. The van der Waals surface area contributed by atoms with Gasteiger partial charge in [-0.25, -0.2) is 9.78 Å². The van der Waals surface area contributed by atoms with Gasteiger partial charge in [-0.15, -0.1) is 23.1 Å². The number of thioether (sulfide) groups is 2. The van der Waals surface area contributed by atoms with Crippen LogP contribution in [0.25, 0.3) is 0 Å². The molecule has 0 radical (unpaired) electrons. The molecule has 366 valence electrons. The molecule has 0 saturated carbocycles. The average molecular weight is 1130 g/mol. The Kier molecular flexibility index (Phi) is 16.0. The zero-order chi connectivity index (χ0) is 49.3. The van der Waals surface area contributed by atoms with Gasteiger partial charge in [0, 0.05) is 39.1 Å².